The fraction of sp³-hybridized carbons (Fsp3) is 0.125. The van der Waals surface area contributed by atoms with Gasteiger partial charge in [-0.25, -0.2) is 4.99 Å². The molecule has 0 atom stereocenters. The van der Waals surface area contributed by atoms with Crippen LogP contribution in [0.25, 0.3) is 0 Å². The van der Waals surface area contributed by atoms with Crippen LogP contribution in [0.2, 0.25) is 0 Å². The molecule has 3 rings (SSSR count). The summed E-state index contributed by atoms with van der Waals surface area (Å²) in [5.74, 6) is 2.51. The molecule has 0 N–H and O–H groups in total. The van der Waals surface area contributed by atoms with E-state index in [1.54, 1.807) is 13.4 Å². The lowest BCUT2D eigenvalue weighted by atomic mass is 10.2. The van der Waals surface area contributed by atoms with Crippen molar-refractivity contribution >= 4 is 11.6 Å². The molecule has 0 aliphatic carbocycles. The first kappa shape index (κ1) is 19.2. The summed E-state index contributed by atoms with van der Waals surface area (Å²) in [5, 5.41) is 0. The maximum Gasteiger partial charge on any atom is 0.226 e. The molecule has 0 unspecified atom stereocenters. The first-order chi connectivity index (χ1) is 13.8. The van der Waals surface area contributed by atoms with Gasteiger partial charge in [-0.3, -0.25) is 0 Å². The molecule has 142 valence electrons. The van der Waals surface area contributed by atoms with Gasteiger partial charge < -0.3 is 14.2 Å². The van der Waals surface area contributed by atoms with E-state index in [0.717, 1.165) is 11.3 Å². The van der Waals surface area contributed by atoms with E-state index in [1.807, 2.05) is 91.9 Å². The van der Waals surface area contributed by atoms with Gasteiger partial charge in [0, 0.05) is 5.57 Å². The molecular formula is C24H23NO3. The van der Waals surface area contributed by atoms with Gasteiger partial charge in [-0.1, -0.05) is 55.5 Å². The lowest BCUT2D eigenvalue weighted by Crippen LogP contribution is -2.12. The van der Waals surface area contributed by atoms with Crippen LogP contribution in [-0.4, -0.2) is 13.0 Å². The van der Waals surface area contributed by atoms with Crippen molar-refractivity contribution in [1.29, 1.82) is 0 Å². The van der Waals surface area contributed by atoms with Crippen LogP contribution in [0.3, 0.4) is 0 Å². The summed E-state index contributed by atoms with van der Waals surface area (Å²) < 4.78 is 17.3. The first-order valence-electron chi connectivity index (χ1n) is 9.16. The van der Waals surface area contributed by atoms with Gasteiger partial charge in [0.1, 0.15) is 5.75 Å². The van der Waals surface area contributed by atoms with E-state index in [2.05, 4.69) is 0 Å². The Morgan fingerprint density at radius 2 is 1.43 bits per heavy atom. The molecule has 0 spiro atoms. The van der Waals surface area contributed by atoms with Crippen LogP contribution in [0.5, 0.6) is 17.2 Å². The Balaban J connectivity index is 1.93. The summed E-state index contributed by atoms with van der Waals surface area (Å²) in [4.78, 5) is 4.69. The van der Waals surface area contributed by atoms with Crippen molar-refractivity contribution in [3.8, 4) is 17.2 Å². The molecule has 28 heavy (non-hydrogen) atoms. The molecule has 0 aliphatic heterocycles. The number of nitrogens with zero attached hydrogens (tertiary/aromatic N) is 1. The molecule has 4 nitrogen and oxygen atoms in total. The van der Waals surface area contributed by atoms with Crippen LogP contribution in [-0.2, 0) is 0 Å². The van der Waals surface area contributed by atoms with Gasteiger partial charge in [0.15, 0.2) is 11.5 Å². The zero-order valence-corrected chi connectivity index (χ0v) is 16.0. The SMILES string of the molecule is CC/C(=C\Oc1ccccc1OC)C(=Nc1ccccc1)Oc1ccccc1. The van der Waals surface area contributed by atoms with Crippen LogP contribution < -0.4 is 14.2 Å². The second-order valence-electron chi connectivity index (χ2n) is 5.93. The molecule has 0 fully saturated rings. The van der Waals surface area contributed by atoms with E-state index in [4.69, 9.17) is 19.2 Å². The number of ether oxygens (including phenoxy) is 3. The lowest BCUT2D eigenvalue weighted by Gasteiger charge is -2.13. The van der Waals surface area contributed by atoms with Crippen molar-refractivity contribution in [2.24, 2.45) is 4.99 Å². The Hall–Kier alpha value is -3.53. The second kappa shape index (κ2) is 9.97. The number of hydrogen-bond acceptors (Lipinski definition) is 4. The Morgan fingerprint density at radius 3 is 2.07 bits per heavy atom. The maximum absolute atomic E-state index is 6.09. The standard InChI is InChI=1S/C24H23NO3/c1-3-19(18-27-23-17-11-10-16-22(23)26-2)24(25-20-12-6-4-7-13-20)28-21-14-8-5-9-15-21/h4-18H,3H2,1-2H3/b19-18+,25-24?. The van der Waals surface area contributed by atoms with Gasteiger partial charge >= 0.3 is 0 Å². The first-order valence-corrected chi connectivity index (χ1v) is 9.16. The van der Waals surface area contributed by atoms with Crippen LogP contribution in [0, 0.1) is 0 Å². The summed E-state index contributed by atoms with van der Waals surface area (Å²) >= 11 is 0. The van der Waals surface area contributed by atoms with Crippen LogP contribution in [0.15, 0.2) is 102 Å². The molecule has 0 radical (unpaired) electrons. The van der Waals surface area contributed by atoms with Gasteiger partial charge in [-0.2, -0.15) is 0 Å². The summed E-state index contributed by atoms with van der Waals surface area (Å²) in [6, 6.07) is 26.8. The molecule has 0 aliphatic rings. The van der Waals surface area contributed by atoms with Crippen LogP contribution >= 0.6 is 0 Å². The zero-order valence-electron chi connectivity index (χ0n) is 16.0. The highest BCUT2D eigenvalue weighted by Gasteiger charge is 2.11. The topological polar surface area (TPSA) is 40.0 Å². The van der Waals surface area contributed by atoms with Gasteiger partial charge in [-0.15, -0.1) is 0 Å². The molecular weight excluding hydrogens is 350 g/mol. The number of aliphatic imine (C=N–C) groups is 1. The van der Waals surface area contributed by atoms with E-state index in [0.29, 0.717) is 29.6 Å². The smallest absolute Gasteiger partial charge is 0.226 e. The van der Waals surface area contributed by atoms with Crippen molar-refractivity contribution in [2.45, 2.75) is 13.3 Å². The number of rotatable bonds is 7. The van der Waals surface area contributed by atoms with Gasteiger partial charge in [0.05, 0.1) is 19.1 Å². The minimum Gasteiger partial charge on any atom is -0.493 e. The Kier molecular flexibility index (Phi) is 6.85. The summed E-state index contributed by atoms with van der Waals surface area (Å²) in [7, 11) is 1.62. The van der Waals surface area contributed by atoms with Crippen molar-refractivity contribution in [3.05, 3.63) is 96.8 Å². The highest BCUT2D eigenvalue weighted by molar-refractivity contribution is 5.96. The third kappa shape index (κ3) is 5.24. The predicted octanol–water partition coefficient (Wildman–Crippen LogP) is 6.18. The fourth-order valence-corrected chi connectivity index (χ4v) is 2.52. The van der Waals surface area contributed by atoms with Crippen molar-refractivity contribution < 1.29 is 14.2 Å². The predicted molar refractivity (Wildman–Crippen MR) is 113 cm³/mol. The molecule has 0 amide bonds. The molecule has 4 heteroatoms. The quantitative estimate of drug-likeness (QED) is 0.282. The second-order valence-corrected chi connectivity index (χ2v) is 5.93. The van der Waals surface area contributed by atoms with E-state index >= 15 is 0 Å². The Labute approximate surface area is 165 Å². The third-order valence-corrected chi connectivity index (χ3v) is 4.00. The number of methoxy groups -OCH3 is 1. The molecule has 0 saturated carbocycles. The number of benzene rings is 3. The highest BCUT2D eigenvalue weighted by Crippen LogP contribution is 2.27. The van der Waals surface area contributed by atoms with Crippen molar-refractivity contribution in [1.82, 2.24) is 0 Å². The number of hydrogen-bond donors (Lipinski definition) is 0. The van der Waals surface area contributed by atoms with Gasteiger partial charge in [0.25, 0.3) is 0 Å². The minimum absolute atomic E-state index is 0.495. The minimum atomic E-state index is 0.495. The monoisotopic (exact) mass is 373 g/mol. The van der Waals surface area contributed by atoms with Crippen LogP contribution in [0.1, 0.15) is 13.3 Å². The molecule has 0 heterocycles. The van der Waals surface area contributed by atoms with Gasteiger partial charge in [0.2, 0.25) is 5.90 Å². The maximum atomic E-state index is 6.09. The molecule has 3 aromatic rings. The molecule has 0 saturated heterocycles. The average molecular weight is 373 g/mol. The third-order valence-electron chi connectivity index (χ3n) is 4.00. The van der Waals surface area contributed by atoms with E-state index in [1.165, 1.54) is 0 Å². The Bertz CT molecular complexity index is 934. The lowest BCUT2D eigenvalue weighted by molar-refractivity contribution is 0.376. The molecule has 3 aromatic carbocycles. The summed E-state index contributed by atoms with van der Waals surface area (Å²) in [6.07, 6.45) is 2.36. The van der Waals surface area contributed by atoms with E-state index in [9.17, 15) is 0 Å². The van der Waals surface area contributed by atoms with E-state index in [-0.39, 0.29) is 0 Å². The normalized spacial score (nSPS) is 11.8. The number of para-hydroxylation sites is 4. The largest absolute Gasteiger partial charge is 0.493 e. The fourth-order valence-electron chi connectivity index (χ4n) is 2.52. The van der Waals surface area contributed by atoms with Gasteiger partial charge in [-0.05, 0) is 42.8 Å². The van der Waals surface area contributed by atoms with Crippen molar-refractivity contribution in [2.75, 3.05) is 7.11 Å². The zero-order chi connectivity index (χ0) is 19.6. The van der Waals surface area contributed by atoms with Crippen molar-refractivity contribution in [3.63, 3.8) is 0 Å². The van der Waals surface area contributed by atoms with Crippen LogP contribution in [0.4, 0.5) is 5.69 Å². The summed E-state index contributed by atoms with van der Waals surface area (Å²) in [5.41, 5.74) is 1.64. The van der Waals surface area contributed by atoms with E-state index < -0.39 is 0 Å². The molecule has 0 aromatic heterocycles. The summed E-state index contributed by atoms with van der Waals surface area (Å²) in [6.45, 7) is 2.03. The average Bonchev–Trinajstić information content (AvgIpc) is 2.76. The molecule has 0 bridgehead atoms. The highest BCUT2D eigenvalue weighted by atomic mass is 16.5. The Morgan fingerprint density at radius 1 is 0.821 bits per heavy atom.